The molecule has 0 aliphatic carbocycles. The molecule has 106 valence electrons. The van der Waals surface area contributed by atoms with Gasteiger partial charge in [0.05, 0.1) is 11.5 Å². The number of nitrogens with zero attached hydrogens (tertiary/aromatic N) is 2. The van der Waals surface area contributed by atoms with E-state index in [4.69, 9.17) is 10.5 Å². The predicted octanol–water partition coefficient (Wildman–Crippen LogP) is 3.17. The van der Waals surface area contributed by atoms with E-state index in [2.05, 4.69) is 18.8 Å². The molecule has 0 bridgehead atoms. The number of pyridine rings is 1. The van der Waals surface area contributed by atoms with E-state index in [-0.39, 0.29) is 17.4 Å². The number of hydrogen-bond donors (Lipinski definition) is 1. The Hall–Kier alpha value is -1.85. The van der Waals surface area contributed by atoms with E-state index in [0.717, 1.165) is 25.7 Å². The van der Waals surface area contributed by atoms with Crippen molar-refractivity contribution < 1.29 is 9.66 Å². The number of hydrogen-bond acceptors (Lipinski definition) is 5. The van der Waals surface area contributed by atoms with Crippen molar-refractivity contribution in [2.45, 2.75) is 39.5 Å². The van der Waals surface area contributed by atoms with Crippen LogP contribution >= 0.6 is 0 Å². The highest BCUT2D eigenvalue weighted by atomic mass is 16.6. The molecule has 6 heteroatoms. The van der Waals surface area contributed by atoms with Crippen molar-refractivity contribution in [2.24, 2.45) is 5.92 Å². The number of unbranched alkanes of at least 4 members (excludes halogenated alkanes) is 1. The lowest BCUT2D eigenvalue weighted by Crippen LogP contribution is -2.13. The third-order valence-corrected chi connectivity index (χ3v) is 3.06. The molecule has 0 saturated heterocycles. The van der Waals surface area contributed by atoms with Crippen LogP contribution in [-0.2, 0) is 0 Å². The van der Waals surface area contributed by atoms with Gasteiger partial charge in [-0.15, -0.1) is 0 Å². The average Bonchev–Trinajstić information content (AvgIpc) is 2.38. The molecule has 0 aliphatic heterocycles. The lowest BCUT2D eigenvalue weighted by molar-refractivity contribution is -0.386. The highest BCUT2D eigenvalue weighted by Gasteiger charge is 2.18. The van der Waals surface area contributed by atoms with Crippen LogP contribution in [0.4, 0.5) is 11.5 Å². The Morgan fingerprint density at radius 3 is 2.79 bits per heavy atom. The maximum absolute atomic E-state index is 10.9. The van der Waals surface area contributed by atoms with E-state index >= 15 is 0 Å². The van der Waals surface area contributed by atoms with Gasteiger partial charge in [0.2, 0.25) is 0 Å². The van der Waals surface area contributed by atoms with E-state index in [1.54, 1.807) is 0 Å². The Bertz CT molecular complexity index is 424. The zero-order valence-electron chi connectivity index (χ0n) is 11.5. The van der Waals surface area contributed by atoms with Crippen molar-refractivity contribution in [3.8, 4) is 5.88 Å². The van der Waals surface area contributed by atoms with Gasteiger partial charge < -0.3 is 10.5 Å². The van der Waals surface area contributed by atoms with Crippen molar-refractivity contribution in [3.63, 3.8) is 0 Å². The van der Waals surface area contributed by atoms with Crippen molar-refractivity contribution in [1.29, 1.82) is 0 Å². The smallest absolute Gasteiger partial charge is 0.331 e. The molecule has 1 heterocycles. The molecule has 0 fully saturated rings. The fourth-order valence-electron chi connectivity index (χ4n) is 1.79. The van der Waals surface area contributed by atoms with Crippen LogP contribution in [0, 0.1) is 16.0 Å². The summed E-state index contributed by atoms with van der Waals surface area (Å²) in [5, 5.41) is 10.9. The molecule has 1 unspecified atom stereocenters. The first-order chi connectivity index (χ1) is 9.08. The maximum atomic E-state index is 10.9. The van der Waals surface area contributed by atoms with Gasteiger partial charge in [-0.05, 0) is 18.4 Å². The summed E-state index contributed by atoms with van der Waals surface area (Å²) < 4.78 is 5.50. The van der Waals surface area contributed by atoms with E-state index < -0.39 is 4.92 Å². The second kappa shape index (κ2) is 7.56. The number of nitro groups is 1. The number of anilines is 1. The van der Waals surface area contributed by atoms with E-state index in [0.29, 0.717) is 12.5 Å². The van der Waals surface area contributed by atoms with E-state index in [1.807, 2.05) is 0 Å². The van der Waals surface area contributed by atoms with Gasteiger partial charge in [-0.25, -0.2) is 0 Å². The molecule has 0 spiro atoms. The lowest BCUT2D eigenvalue weighted by atomic mass is 10.0. The van der Waals surface area contributed by atoms with Crippen molar-refractivity contribution >= 4 is 11.5 Å². The minimum absolute atomic E-state index is 0.0138. The zero-order chi connectivity index (χ0) is 14.3. The minimum Gasteiger partial charge on any atom is -0.472 e. The highest BCUT2D eigenvalue weighted by Crippen LogP contribution is 2.26. The monoisotopic (exact) mass is 267 g/mol. The van der Waals surface area contributed by atoms with Crippen molar-refractivity contribution in [3.05, 3.63) is 22.2 Å². The molecule has 2 N–H and O–H groups in total. The normalized spacial score (nSPS) is 12.1. The lowest BCUT2D eigenvalue weighted by Gasteiger charge is -2.15. The Balaban J connectivity index is 2.70. The van der Waals surface area contributed by atoms with Crippen LogP contribution in [0.3, 0.4) is 0 Å². The summed E-state index contributed by atoms with van der Waals surface area (Å²) >= 11 is 0. The summed E-state index contributed by atoms with van der Waals surface area (Å²) in [6, 6.07) is 2.73. The van der Waals surface area contributed by atoms with Gasteiger partial charge in [-0.2, -0.15) is 4.98 Å². The minimum atomic E-state index is -0.505. The molecule has 1 aromatic rings. The van der Waals surface area contributed by atoms with E-state index in [9.17, 15) is 10.1 Å². The summed E-state index contributed by atoms with van der Waals surface area (Å²) in [7, 11) is 0. The second-order valence-electron chi connectivity index (χ2n) is 4.55. The second-order valence-corrected chi connectivity index (χ2v) is 4.55. The molecule has 1 rings (SSSR count). The summed E-state index contributed by atoms with van der Waals surface area (Å²) in [5.74, 6) is 0.630. The number of nitrogen functional groups attached to an aromatic ring is 1. The van der Waals surface area contributed by atoms with Crippen LogP contribution in [-0.4, -0.2) is 16.5 Å². The van der Waals surface area contributed by atoms with Crippen LogP contribution in [0.15, 0.2) is 12.1 Å². The fourth-order valence-corrected chi connectivity index (χ4v) is 1.79. The predicted molar refractivity (Wildman–Crippen MR) is 74.1 cm³/mol. The molecule has 6 nitrogen and oxygen atoms in total. The largest absolute Gasteiger partial charge is 0.472 e. The molecule has 0 saturated carbocycles. The zero-order valence-corrected chi connectivity index (χ0v) is 11.5. The van der Waals surface area contributed by atoms with Gasteiger partial charge in [-0.1, -0.05) is 33.1 Å². The highest BCUT2D eigenvalue weighted by molar-refractivity contribution is 5.46. The molecular weight excluding hydrogens is 246 g/mol. The fraction of sp³-hybridized carbons (Fsp3) is 0.615. The van der Waals surface area contributed by atoms with Crippen molar-refractivity contribution in [1.82, 2.24) is 4.98 Å². The number of rotatable bonds is 8. The first-order valence-corrected chi connectivity index (χ1v) is 6.62. The maximum Gasteiger partial charge on any atom is 0.331 e. The van der Waals surface area contributed by atoms with Crippen LogP contribution in [0.25, 0.3) is 0 Å². The Morgan fingerprint density at radius 2 is 2.21 bits per heavy atom. The van der Waals surface area contributed by atoms with Gasteiger partial charge in [0, 0.05) is 6.07 Å². The average molecular weight is 267 g/mol. The molecular formula is C13H21N3O3. The van der Waals surface area contributed by atoms with Crippen LogP contribution in [0.2, 0.25) is 0 Å². The summed E-state index contributed by atoms with van der Waals surface area (Å²) in [6.45, 7) is 4.66. The summed E-state index contributed by atoms with van der Waals surface area (Å²) in [5.41, 5.74) is 5.39. The standard InChI is InChI=1S/C13H21N3O3/c1-3-5-6-10(4-2)9-19-13-11(16(17)18)7-8-12(14)15-13/h7-8,10H,3-6,9H2,1-2H3,(H2,14,15). The van der Waals surface area contributed by atoms with Gasteiger partial charge in [0.15, 0.2) is 0 Å². The Labute approximate surface area is 113 Å². The quantitative estimate of drug-likeness (QED) is 0.577. The summed E-state index contributed by atoms with van der Waals surface area (Å²) in [6.07, 6.45) is 4.31. The van der Waals surface area contributed by atoms with Crippen LogP contribution in [0.1, 0.15) is 39.5 Å². The molecule has 0 aliphatic rings. The van der Waals surface area contributed by atoms with Crippen LogP contribution < -0.4 is 10.5 Å². The van der Waals surface area contributed by atoms with Gasteiger partial charge in [-0.3, -0.25) is 10.1 Å². The van der Waals surface area contributed by atoms with Crippen molar-refractivity contribution in [2.75, 3.05) is 12.3 Å². The number of ether oxygens (including phenoxy) is 1. The molecule has 0 amide bonds. The molecule has 1 atom stereocenters. The first kappa shape index (κ1) is 15.2. The third kappa shape index (κ3) is 4.73. The topological polar surface area (TPSA) is 91.3 Å². The molecule has 19 heavy (non-hydrogen) atoms. The number of aromatic nitrogens is 1. The first-order valence-electron chi connectivity index (χ1n) is 6.62. The Morgan fingerprint density at radius 1 is 1.47 bits per heavy atom. The molecule has 1 aromatic heterocycles. The van der Waals surface area contributed by atoms with Gasteiger partial charge >= 0.3 is 5.69 Å². The number of nitrogens with two attached hydrogens (primary N) is 1. The molecule has 0 radical (unpaired) electrons. The van der Waals surface area contributed by atoms with E-state index in [1.165, 1.54) is 12.1 Å². The molecule has 0 aromatic carbocycles. The van der Waals surface area contributed by atoms with Gasteiger partial charge in [0.1, 0.15) is 5.82 Å². The third-order valence-electron chi connectivity index (χ3n) is 3.06. The van der Waals surface area contributed by atoms with Crippen LogP contribution in [0.5, 0.6) is 5.88 Å². The summed E-state index contributed by atoms with van der Waals surface area (Å²) in [4.78, 5) is 14.3. The SMILES string of the molecule is CCCCC(CC)COc1nc(N)ccc1[N+](=O)[O-]. The van der Waals surface area contributed by atoms with Gasteiger partial charge in [0.25, 0.3) is 5.88 Å². The Kier molecular flexibility index (Phi) is 6.05.